The number of hydroxylamine groups is 1. The van der Waals surface area contributed by atoms with Crippen molar-refractivity contribution >= 4 is 13.8 Å². The van der Waals surface area contributed by atoms with E-state index < -0.39 is 12.9 Å². The van der Waals surface area contributed by atoms with Crippen molar-refractivity contribution in [3.8, 4) is 0 Å². The molecule has 1 aromatic heterocycles. The van der Waals surface area contributed by atoms with Crippen LogP contribution in [0.3, 0.4) is 0 Å². The highest BCUT2D eigenvalue weighted by molar-refractivity contribution is 7.55. The summed E-state index contributed by atoms with van der Waals surface area (Å²) in [5.41, 5.74) is 0.669. The fourth-order valence-electron chi connectivity index (χ4n) is 1.56. The summed E-state index contributed by atoms with van der Waals surface area (Å²) in [6.45, 7) is 6.94. The van der Waals surface area contributed by atoms with Crippen molar-refractivity contribution in [2.24, 2.45) is 0 Å². The molecule has 0 bridgehead atoms. The Morgan fingerprint density at radius 2 is 1.80 bits per heavy atom. The van der Waals surface area contributed by atoms with Gasteiger partial charge < -0.3 is 14.3 Å². The van der Waals surface area contributed by atoms with E-state index in [0.717, 1.165) is 0 Å². The van der Waals surface area contributed by atoms with E-state index in [1.807, 2.05) is 0 Å². The quantitative estimate of drug-likeness (QED) is 0.254. The molecule has 0 amide bonds. The topological polar surface area (TPSA) is 74.5 Å². The third kappa shape index (κ3) is 3.66. The fourth-order valence-corrected chi connectivity index (χ4v) is 3.24. The lowest BCUT2D eigenvalue weighted by atomic mass is 10.3. The first-order valence-electron chi connectivity index (χ1n) is 6.48. The van der Waals surface area contributed by atoms with Crippen LogP contribution in [0.1, 0.15) is 33.3 Å². The lowest BCUT2D eigenvalue weighted by Crippen LogP contribution is -2.35. The average Bonchev–Trinajstić information content (AvgIpc) is 2.40. The highest BCUT2D eigenvalue weighted by Gasteiger charge is 2.51. The Balaban J connectivity index is 3.12. The predicted octanol–water partition coefficient (Wildman–Crippen LogP) is 3.01. The maximum Gasteiger partial charge on any atom is 0.401 e. The van der Waals surface area contributed by atoms with Gasteiger partial charge in [-0.15, -0.1) is 0 Å². The van der Waals surface area contributed by atoms with Crippen LogP contribution in [0.4, 0.5) is 0 Å². The van der Waals surface area contributed by atoms with Crippen molar-refractivity contribution in [3.05, 3.63) is 35.3 Å². The molecule has 0 aromatic carbocycles. The zero-order valence-corrected chi connectivity index (χ0v) is 13.2. The minimum absolute atomic E-state index is 0.212. The normalized spacial score (nSPS) is 13.5. The SMILES string of the molecule is CCOP(=O)(OCC)C(C)(C)/[N+]([O-])=C/c1ccncc1. The molecule has 0 unspecified atom stereocenters. The summed E-state index contributed by atoms with van der Waals surface area (Å²) in [5, 5.41) is 11.0. The van der Waals surface area contributed by atoms with E-state index in [0.29, 0.717) is 10.3 Å². The highest BCUT2D eigenvalue weighted by Crippen LogP contribution is 2.59. The Morgan fingerprint density at radius 3 is 2.25 bits per heavy atom. The number of pyridine rings is 1. The van der Waals surface area contributed by atoms with E-state index >= 15 is 0 Å². The van der Waals surface area contributed by atoms with Crippen LogP contribution < -0.4 is 0 Å². The van der Waals surface area contributed by atoms with Gasteiger partial charge in [0.15, 0.2) is 6.21 Å². The van der Waals surface area contributed by atoms with Gasteiger partial charge in [0.2, 0.25) is 0 Å². The van der Waals surface area contributed by atoms with Gasteiger partial charge in [0.1, 0.15) is 0 Å². The van der Waals surface area contributed by atoms with Crippen molar-refractivity contribution in [3.63, 3.8) is 0 Å². The van der Waals surface area contributed by atoms with Gasteiger partial charge >= 0.3 is 7.60 Å². The Hall–Kier alpha value is -1.23. The van der Waals surface area contributed by atoms with E-state index in [-0.39, 0.29) is 13.2 Å². The molecule has 0 aliphatic carbocycles. The Labute approximate surface area is 119 Å². The molecular weight excluding hydrogens is 279 g/mol. The van der Waals surface area contributed by atoms with Crippen LogP contribution in [0.15, 0.2) is 24.5 Å². The molecule has 0 saturated carbocycles. The Bertz CT molecular complexity index is 492. The molecule has 0 radical (unpaired) electrons. The largest absolute Gasteiger partial charge is 0.623 e. The summed E-state index contributed by atoms with van der Waals surface area (Å²) in [4.78, 5) is 3.88. The Kier molecular flexibility index (Phi) is 5.87. The zero-order chi connectivity index (χ0) is 15.2. The summed E-state index contributed by atoms with van der Waals surface area (Å²) in [5.74, 6) is 0. The molecule has 0 N–H and O–H groups in total. The second-order valence-corrected chi connectivity index (χ2v) is 7.17. The third-order valence-corrected chi connectivity index (χ3v) is 5.51. The van der Waals surface area contributed by atoms with Crippen LogP contribution >= 0.6 is 7.60 Å². The smallest absolute Gasteiger partial charge is 0.401 e. The first-order valence-corrected chi connectivity index (χ1v) is 8.02. The first kappa shape index (κ1) is 16.8. The van der Waals surface area contributed by atoms with Gasteiger partial charge in [-0.05, 0) is 26.0 Å². The number of hydrogen-bond donors (Lipinski definition) is 0. The van der Waals surface area contributed by atoms with Crippen LogP contribution in [0, 0.1) is 5.21 Å². The fraction of sp³-hybridized carbons (Fsp3) is 0.538. The molecule has 20 heavy (non-hydrogen) atoms. The molecule has 0 atom stereocenters. The molecule has 6 nitrogen and oxygen atoms in total. The Morgan fingerprint density at radius 1 is 1.30 bits per heavy atom. The van der Waals surface area contributed by atoms with Gasteiger partial charge in [-0.25, -0.2) is 0 Å². The van der Waals surface area contributed by atoms with E-state index in [2.05, 4.69) is 4.98 Å². The van der Waals surface area contributed by atoms with Crippen LogP contribution in [-0.4, -0.2) is 34.4 Å². The minimum atomic E-state index is -3.55. The number of nitrogens with zero attached hydrogens (tertiary/aromatic N) is 2. The molecule has 112 valence electrons. The molecule has 0 spiro atoms. The highest BCUT2D eigenvalue weighted by atomic mass is 31.2. The first-order chi connectivity index (χ1) is 9.37. The van der Waals surface area contributed by atoms with E-state index in [1.54, 1.807) is 52.2 Å². The summed E-state index contributed by atoms with van der Waals surface area (Å²) < 4.78 is 23.9. The van der Waals surface area contributed by atoms with Crippen LogP contribution in [-0.2, 0) is 13.6 Å². The number of rotatable bonds is 7. The lowest BCUT2D eigenvalue weighted by molar-refractivity contribution is -0.510. The van der Waals surface area contributed by atoms with E-state index in [9.17, 15) is 9.77 Å². The molecule has 0 saturated heterocycles. The zero-order valence-electron chi connectivity index (χ0n) is 12.3. The molecule has 0 fully saturated rings. The number of aromatic nitrogens is 1. The van der Waals surface area contributed by atoms with Crippen molar-refractivity contribution in [2.75, 3.05) is 13.2 Å². The predicted molar refractivity (Wildman–Crippen MR) is 78.0 cm³/mol. The molecule has 1 heterocycles. The summed E-state index contributed by atoms with van der Waals surface area (Å²) in [6, 6.07) is 3.38. The standard InChI is InChI=1S/C13H21N2O4P/c1-5-18-20(17,19-6-2)13(3,4)15(16)11-12-7-9-14-10-8-12/h7-11H,5-6H2,1-4H3/b15-11-. The maximum atomic E-state index is 12.7. The average molecular weight is 300 g/mol. The molecule has 0 aliphatic rings. The summed E-state index contributed by atoms with van der Waals surface area (Å²) in [6.07, 6.45) is 4.51. The molecule has 1 aromatic rings. The van der Waals surface area contributed by atoms with Gasteiger partial charge in [-0.1, -0.05) is 0 Å². The van der Waals surface area contributed by atoms with Crippen LogP contribution in [0.25, 0.3) is 0 Å². The van der Waals surface area contributed by atoms with Crippen LogP contribution in [0.2, 0.25) is 0 Å². The van der Waals surface area contributed by atoms with Crippen LogP contribution in [0.5, 0.6) is 0 Å². The van der Waals surface area contributed by atoms with Gasteiger partial charge in [0.25, 0.3) is 5.28 Å². The van der Waals surface area contributed by atoms with E-state index in [4.69, 9.17) is 9.05 Å². The van der Waals surface area contributed by atoms with E-state index in [1.165, 1.54) is 6.21 Å². The lowest BCUT2D eigenvalue weighted by Gasteiger charge is -2.30. The monoisotopic (exact) mass is 300 g/mol. The summed E-state index contributed by atoms with van der Waals surface area (Å²) >= 11 is 0. The second kappa shape index (κ2) is 6.97. The van der Waals surface area contributed by atoms with Gasteiger partial charge in [-0.2, -0.15) is 4.74 Å². The molecular formula is C13H21N2O4P. The van der Waals surface area contributed by atoms with Gasteiger partial charge in [-0.3, -0.25) is 9.55 Å². The second-order valence-electron chi connectivity index (χ2n) is 4.56. The van der Waals surface area contributed by atoms with Crippen molar-refractivity contribution in [2.45, 2.75) is 33.0 Å². The molecule has 7 heteroatoms. The van der Waals surface area contributed by atoms with Gasteiger partial charge in [0, 0.05) is 31.8 Å². The maximum absolute atomic E-state index is 12.7. The molecule has 1 rings (SSSR count). The number of hydrogen-bond acceptors (Lipinski definition) is 5. The summed E-state index contributed by atoms with van der Waals surface area (Å²) in [7, 11) is -3.55. The van der Waals surface area contributed by atoms with Crippen molar-refractivity contribution in [1.29, 1.82) is 0 Å². The third-order valence-electron chi connectivity index (χ3n) is 2.78. The van der Waals surface area contributed by atoms with Crippen molar-refractivity contribution in [1.82, 2.24) is 4.98 Å². The minimum Gasteiger partial charge on any atom is -0.623 e. The van der Waals surface area contributed by atoms with Gasteiger partial charge in [0.05, 0.1) is 13.2 Å². The molecule has 0 aliphatic heterocycles. The van der Waals surface area contributed by atoms with Crippen molar-refractivity contribution < 1.29 is 18.4 Å².